The first-order valence-corrected chi connectivity index (χ1v) is 8.85. The average molecular weight is 347 g/mol. The number of urea groups is 1. The second-order valence-electron chi connectivity index (χ2n) is 6.47. The summed E-state index contributed by atoms with van der Waals surface area (Å²) in [5, 5.41) is 8.21. The van der Waals surface area contributed by atoms with Crippen LogP contribution in [-0.2, 0) is 4.79 Å². The van der Waals surface area contributed by atoms with Gasteiger partial charge in [0.25, 0.3) is 0 Å². The Labute approximate surface area is 147 Å². The van der Waals surface area contributed by atoms with Crippen LogP contribution in [0.1, 0.15) is 38.5 Å². The number of hydrogen-bond acceptors (Lipinski definition) is 4. The molecule has 0 spiro atoms. The fourth-order valence-electron chi connectivity index (χ4n) is 3.27. The molecule has 1 saturated carbocycles. The first-order valence-electron chi connectivity index (χ1n) is 8.85. The Balaban J connectivity index is 1.62. The van der Waals surface area contributed by atoms with Gasteiger partial charge in [-0.25, -0.2) is 4.79 Å². The maximum absolute atomic E-state index is 12.2. The highest BCUT2D eigenvalue weighted by molar-refractivity contribution is 5.94. The molecule has 1 saturated heterocycles. The van der Waals surface area contributed by atoms with Crippen molar-refractivity contribution in [3.05, 3.63) is 18.2 Å². The molecule has 1 unspecified atom stereocenters. The summed E-state index contributed by atoms with van der Waals surface area (Å²) < 4.78 is 11.4. The van der Waals surface area contributed by atoms with Gasteiger partial charge in [-0.3, -0.25) is 4.79 Å². The van der Waals surface area contributed by atoms with Gasteiger partial charge in [-0.05, 0) is 50.7 Å². The number of rotatable bonds is 5. The van der Waals surface area contributed by atoms with E-state index in [1.54, 1.807) is 25.3 Å². The number of carbonyl (C=O) groups excluding carboxylic acids is 2. The molecule has 1 aromatic carbocycles. The number of benzene rings is 1. The third-order valence-electron chi connectivity index (χ3n) is 4.61. The molecule has 1 atom stereocenters. The molecule has 3 amide bonds. The molecule has 1 aliphatic carbocycles. The summed E-state index contributed by atoms with van der Waals surface area (Å²) in [7, 11) is 1.60. The Morgan fingerprint density at radius 2 is 1.96 bits per heavy atom. The van der Waals surface area contributed by atoms with Crippen LogP contribution < -0.4 is 25.4 Å². The molecule has 1 heterocycles. The fourth-order valence-corrected chi connectivity index (χ4v) is 3.27. The van der Waals surface area contributed by atoms with Gasteiger partial charge in [-0.2, -0.15) is 0 Å². The van der Waals surface area contributed by atoms with Crippen LogP contribution in [0.2, 0.25) is 0 Å². The predicted molar refractivity (Wildman–Crippen MR) is 94.1 cm³/mol. The summed E-state index contributed by atoms with van der Waals surface area (Å²) >= 11 is 0. The second-order valence-corrected chi connectivity index (χ2v) is 6.47. The largest absolute Gasteiger partial charge is 0.493 e. The van der Waals surface area contributed by atoms with Gasteiger partial charge in [0.2, 0.25) is 5.91 Å². The van der Waals surface area contributed by atoms with Crippen LogP contribution in [0.3, 0.4) is 0 Å². The molecule has 1 aliphatic heterocycles. The third-order valence-corrected chi connectivity index (χ3v) is 4.61. The lowest BCUT2D eigenvalue weighted by Gasteiger charge is -2.23. The molecule has 0 bridgehead atoms. The average Bonchev–Trinajstić information content (AvgIpc) is 3.10. The van der Waals surface area contributed by atoms with E-state index in [-0.39, 0.29) is 12.0 Å². The minimum absolute atomic E-state index is 0.138. The molecular weight excluding hydrogens is 322 g/mol. The number of methoxy groups -OCH3 is 1. The monoisotopic (exact) mass is 347 g/mol. The van der Waals surface area contributed by atoms with E-state index < -0.39 is 12.1 Å². The van der Waals surface area contributed by atoms with Gasteiger partial charge in [-0.15, -0.1) is 0 Å². The SMILES string of the molecule is COc1ccc(NC(=O)NC2CCCNC2=O)cc1OC1CCCC1. The molecule has 1 aromatic rings. The Morgan fingerprint density at radius 1 is 1.16 bits per heavy atom. The maximum Gasteiger partial charge on any atom is 0.319 e. The highest BCUT2D eigenvalue weighted by Crippen LogP contribution is 2.33. The molecule has 0 aromatic heterocycles. The topological polar surface area (TPSA) is 88.7 Å². The molecule has 3 rings (SSSR count). The van der Waals surface area contributed by atoms with E-state index in [1.165, 1.54) is 12.8 Å². The van der Waals surface area contributed by atoms with Gasteiger partial charge in [0.15, 0.2) is 11.5 Å². The van der Waals surface area contributed by atoms with E-state index in [0.717, 1.165) is 19.3 Å². The molecule has 2 aliphatic rings. The van der Waals surface area contributed by atoms with Crippen molar-refractivity contribution in [1.82, 2.24) is 10.6 Å². The van der Waals surface area contributed by atoms with E-state index in [9.17, 15) is 9.59 Å². The Kier molecular flexibility index (Phi) is 5.63. The third kappa shape index (κ3) is 4.55. The van der Waals surface area contributed by atoms with Crippen molar-refractivity contribution in [2.24, 2.45) is 0 Å². The molecule has 7 nitrogen and oxygen atoms in total. The zero-order chi connectivity index (χ0) is 17.6. The standard InChI is InChI=1S/C18H25N3O4/c1-24-15-9-8-12(11-16(15)25-13-5-2-3-6-13)20-18(23)21-14-7-4-10-19-17(14)22/h8-9,11,13-14H,2-7,10H2,1H3,(H,19,22)(H2,20,21,23). The van der Waals surface area contributed by atoms with E-state index in [0.29, 0.717) is 30.2 Å². The maximum atomic E-state index is 12.2. The van der Waals surface area contributed by atoms with Gasteiger partial charge in [0, 0.05) is 18.3 Å². The lowest BCUT2D eigenvalue weighted by atomic mass is 10.1. The summed E-state index contributed by atoms with van der Waals surface area (Å²) in [5.41, 5.74) is 0.600. The zero-order valence-corrected chi connectivity index (χ0v) is 14.5. The number of carbonyl (C=O) groups is 2. The Morgan fingerprint density at radius 3 is 2.68 bits per heavy atom. The van der Waals surface area contributed by atoms with Crippen LogP contribution >= 0.6 is 0 Å². The number of hydrogen-bond donors (Lipinski definition) is 3. The van der Waals surface area contributed by atoms with Crippen molar-refractivity contribution >= 4 is 17.6 Å². The van der Waals surface area contributed by atoms with Crippen molar-refractivity contribution in [3.8, 4) is 11.5 Å². The number of anilines is 1. The number of piperidine rings is 1. The molecular formula is C18H25N3O4. The zero-order valence-electron chi connectivity index (χ0n) is 14.5. The molecule has 3 N–H and O–H groups in total. The number of nitrogens with one attached hydrogen (secondary N) is 3. The summed E-state index contributed by atoms with van der Waals surface area (Å²) in [6.45, 7) is 0.666. The fraction of sp³-hybridized carbons (Fsp3) is 0.556. The van der Waals surface area contributed by atoms with Gasteiger partial charge in [-0.1, -0.05) is 0 Å². The van der Waals surface area contributed by atoms with Crippen LogP contribution in [0, 0.1) is 0 Å². The quantitative estimate of drug-likeness (QED) is 0.763. The van der Waals surface area contributed by atoms with Crippen molar-refractivity contribution in [3.63, 3.8) is 0 Å². The van der Waals surface area contributed by atoms with Crippen LogP contribution in [0.4, 0.5) is 10.5 Å². The smallest absolute Gasteiger partial charge is 0.319 e. The summed E-state index contributed by atoms with van der Waals surface area (Å²) in [6, 6.07) is 4.39. The first-order chi connectivity index (χ1) is 12.2. The molecule has 136 valence electrons. The number of amides is 3. The summed E-state index contributed by atoms with van der Waals surface area (Å²) in [5.74, 6) is 1.13. The molecule has 25 heavy (non-hydrogen) atoms. The van der Waals surface area contributed by atoms with Crippen molar-refractivity contribution in [2.75, 3.05) is 19.0 Å². The summed E-state index contributed by atoms with van der Waals surface area (Å²) in [6.07, 6.45) is 6.14. The summed E-state index contributed by atoms with van der Waals surface area (Å²) in [4.78, 5) is 23.9. The Bertz CT molecular complexity index is 629. The molecule has 0 radical (unpaired) electrons. The van der Waals surface area contributed by atoms with Gasteiger partial charge < -0.3 is 25.4 Å². The van der Waals surface area contributed by atoms with Crippen LogP contribution in [0.15, 0.2) is 18.2 Å². The second kappa shape index (κ2) is 8.09. The highest BCUT2D eigenvalue weighted by Gasteiger charge is 2.24. The predicted octanol–water partition coefficient (Wildman–Crippen LogP) is 2.42. The normalized spacial score (nSPS) is 20.7. The van der Waals surface area contributed by atoms with Gasteiger partial charge >= 0.3 is 6.03 Å². The van der Waals surface area contributed by atoms with E-state index in [1.807, 2.05) is 0 Å². The van der Waals surface area contributed by atoms with Crippen molar-refractivity contribution in [2.45, 2.75) is 50.7 Å². The van der Waals surface area contributed by atoms with E-state index in [4.69, 9.17) is 9.47 Å². The first kappa shape index (κ1) is 17.4. The van der Waals surface area contributed by atoms with Gasteiger partial charge in [0.05, 0.1) is 13.2 Å². The minimum atomic E-state index is -0.485. The molecule has 7 heteroatoms. The highest BCUT2D eigenvalue weighted by atomic mass is 16.5. The minimum Gasteiger partial charge on any atom is -0.493 e. The van der Waals surface area contributed by atoms with Crippen molar-refractivity contribution in [1.29, 1.82) is 0 Å². The van der Waals surface area contributed by atoms with Crippen molar-refractivity contribution < 1.29 is 19.1 Å². The Hall–Kier alpha value is -2.44. The van der Waals surface area contributed by atoms with Crippen LogP contribution in [0.5, 0.6) is 11.5 Å². The lowest BCUT2D eigenvalue weighted by Crippen LogP contribution is -2.51. The lowest BCUT2D eigenvalue weighted by molar-refractivity contribution is -0.124. The van der Waals surface area contributed by atoms with E-state index in [2.05, 4.69) is 16.0 Å². The van der Waals surface area contributed by atoms with E-state index >= 15 is 0 Å². The van der Waals surface area contributed by atoms with Crippen LogP contribution in [0.25, 0.3) is 0 Å². The molecule has 2 fully saturated rings. The van der Waals surface area contributed by atoms with Gasteiger partial charge in [0.1, 0.15) is 6.04 Å². The number of ether oxygens (including phenoxy) is 2. The van der Waals surface area contributed by atoms with Crippen LogP contribution in [-0.4, -0.2) is 37.7 Å².